The highest BCUT2D eigenvalue weighted by molar-refractivity contribution is 7.89. The number of imide groups is 1. The van der Waals surface area contributed by atoms with Gasteiger partial charge in [0.1, 0.15) is 11.6 Å². The van der Waals surface area contributed by atoms with Crippen molar-refractivity contribution in [2.75, 3.05) is 12.0 Å². The summed E-state index contributed by atoms with van der Waals surface area (Å²) < 4.78 is 46.4. The minimum atomic E-state index is -3.98. The Labute approximate surface area is 162 Å². The molecule has 2 amide bonds. The van der Waals surface area contributed by atoms with Crippen LogP contribution < -0.4 is 14.4 Å². The van der Waals surface area contributed by atoms with Gasteiger partial charge in [0.05, 0.1) is 17.7 Å². The molecule has 9 heteroatoms. The first-order chi connectivity index (χ1) is 13.2. The Kier molecular flexibility index (Phi) is 5.48. The van der Waals surface area contributed by atoms with E-state index >= 15 is 0 Å². The second-order valence-corrected chi connectivity index (χ2v) is 8.07. The van der Waals surface area contributed by atoms with Crippen molar-refractivity contribution in [1.82, 2.24) is 4.72 Å². The Balaban J connectivity index is 1.93. The second kappa shape index (κ2) is 7.69. The molecule has 1 atom stereocenters. The summed E-state index contributed by atoms with van der Waals surface area (Å²) >= 11 is 0. The third kappa shape index (κ3) is 3.90. The molecule has 0 unspecified atom stereocenters. The lowest BCUT2D eigenvalue weighted by molar-refractivity contribution is -0.121. The van der Waals surface area contributed by atoms with Crippen LogP contribution in [0.5, 0.6) is 5.75 Å². The summed E-state index contributed by atoms with van der Waals surface area (Å²) in [6.45, 7) is 1.63. The summed E-state index contributed by atoms with van der Waals surface area (Å²) in [7, 11) is -2.61. The van der Waals surface area contributed by atoms with Gasteiger partial charge in [-0.05, 0) is 42.8 Å². The molecule has 0 bridgehead atoms. The van der Waals surface area contributed by atoms with Crippen LogP contribution >= 0.6 is 0 Å². The zero-order valence-corrected chi connectivity index (χ0v) is 16.1. The molecule has 1 fully saturated rings. The maximum atomic E-state index is 13.1. The first-order valence-electron chi connectivity index (χ1n) is 8.54. The number of ether oxygens (including phenoxy) is 1. The molecule has 3 rings (SSSR count). The van der Waals surface area contributed by atoms with Gasteiger partial charge in [0.2, 0.25) is 21.8 Å². The highest BCUT2D eigenvalue weighted by atomic mass is 32.2. The van der Waals surface area contributed by atoms with Crippen LogP contribution in [-0.4, -0.2) is 27.3 Å². The van der Waals surface area contributed by atoms with Gasteiger partial charge in [-0.2, -0.15) is 0 Å². The minimum absolute atomic E-state index is 0.0683. The van der Waals surface area contributed by atoms with Crippen LogP contribution in [0.2, 0.25) is 0 Å². The molecule has 7 nitrogen and oxygen atoms in total. The third-order valence-corrected chi connectivity index (χ3v) is 5.99. The van der Waals surface area contributed by atoms with E-state index in [1.54, 1.807) is 6.92 Å². The summed E-state index contributed by atoms with van der Waals surface area (Å²) in [5, 5.41) is 0. The number of halogens is 1. The average Bonchev–Trinajstić information content (AvgIpc) is 2.99. The van der Waals surface area contributed by atoms with E-state index in [1.807, 2.05) is 0 Å². The number of hydrogen-bond donors (Lipinski definition) is 1. The molecule has 2 aromatic carbocycles. The first kappa shape index (κ1) is 20.0. The van der Waals surface area contributed by atoms with Gasteiger partial charge in [0.25, 0.3) is 0 Å². The van der Waals surface area contributed by atoms with Gasteiger partial charge in [0, 0.05) is 18.9 Å². The van der Waals surface area contributed by atoms with Gasteiger partial charge in [-0.15, -0.1) is 0 Å². The highest BCUT2D eigenvalue weighted by Crippen LogP contribution is 2.34. The second-order valence-electron chi connectivity index (χ2n) is 6.35. The number of nitrogens with one attached hydrogen (secondary N) is 1. The molecule has 0 aliphatic carbocycles. The van der Waals surface area contributed by atoms with Crippen molar-refractivity contribution in [1.29, 1.82) is 0 Å². The smallest absolute Gasteiger partial charge is 0.241 e. The van der Waals surface area contributed by atoms with Crippen LogP contribution in [0.3, 0.4) is 0 Å². The number of methoxy groups -OCH3 is 1. The Bertz CT molecular complexity index is 1010. The lowest BCUT2D eigenvalue weighted by Crippen LogP contribution is -2.30. The van der Waals surface area contributed by atoms with Crippen LogP contribution in [0, 0.1) is 5.82 Å². The predicted molar refractivity (Wildman–Crippen MR) is 99.9 cm³/mol. The maximum Gasteiger partial charge on any atom is 0.241 e. The molecule has 0 spiro atoms. The van der Waals surface area contributed by atoms with E-state index in [2.05, 4.69) is 4.72 Å². The zero-order chi connectivity index (χ0) is 20.5. The van der Waals surface area contributed by atoms with Gasteiger partial charge >= 0.3 is 0 Å². The molecule has 1 saturated heterocycles. The van der Waals surface area contributed by atoms with Crippen molar-refractivity contribution in [3.8, 4) is 5.75 Å². The number of anilines is 1. The fraction of sp³-hybridized carbons (Fsp3) is 0.263. The summed E-state index contributed by atoms with van der Waals surface area (Å²) in [6.07, 6.45) is 0.137. The molecule has 28 heavy (non-hydrogen) atoms. The van der Waals surface area contributed by atoms with Crippen molar-refractivity contribution in [2.24, 2.45) is 0 Å². The number of hydrogen-bond acceptors (Lipinski definition) is 5. The van der Waals surface area contributed by atoms with Crippen molar-refractivity contribution in [3.63, 3.8) is 0 Å². The van der Waals surface area contributed by atoms with E-state index in [9.17, 15) is 22.4 Å². The van der Waals surface area contributed by atoms with E-state index in [4.69, 9.17) is 4.74 Å². The summed E-state index contributed by atoms with van der Waals surface area (Å²) in [6, 6.07) is 8.81. The van der Waals surface area contributed by atoms with Gasteiger partial charge in [-0.3, -0.25) is 9.59 Å². The monoisotopic (exact) mass is 406 g/mol. The number of rotatable bonds is 6. The summed E-state index contributed by atoms with van der Waals surface area (Å²) in [5.41, 5.74) is 0.677. The highest BCUT2D eigenvalue weighted by Gasteiger charge is 2.33. The fourth-order valence-corrected chi connectivity index (χ4v) is 4.23. The molecule has 1 aliphatic rings. The van der Waals surface area contributed by atoms with Gasteiger partial charge in [-0.1, -0.05) is 12.1 Å². The lowest BCUT2D eigenvalue weighted by Gasteiger charge is -2.19. The van der Waals surface area contributed by atoms with E-state index in [0.717, 1.165) is 4.90 Å². The number of amides is 2. The summed E-state index contributed by atoms with van der Waals surface area (Å²) in [5.74, 6) is -1.02. The number of carbonyl (C=O) groups excluding carboxylic acids is 2. The Morgan fingerprint density at radius 1 is 1.07 bits per heavy atom. The summed E-state index contributed by atoms with van der Waals surface area (Å²) in [4.78, 5) is 24.9. The van der Waals surface area contributed by atoms with Crippen molar-refractivity contribution < 1.29 is 27.1 Å². The van der Waals surface area contributed by atoms with Crippen LogP contribution in [0.15, 0.2) is 47.4 Å². The number of carbonyl (C=O) groups is 2. The molecule has 0 aromatic heterocycles. The van der Waals surface area contributed by atoms with Crippen LogP contribution in [0.4, 0.5) is 10.1 Å². The zero-order valence-electron chi connectivity index (χ0n) is 15.3. The number of nitrogens with zero attached hydrogens (tertiary/aromatic N) is 1. The minimum Gasteiger partial charge on any atom is -0.495 e. The lowest BCUT2D eigenvalue weighted by atomic mass is 10.1. The predicted octanol–water partition coefficient (Wildman–Crippen LogP) is 2.53. The number of sulfonamides is 1. The van der Waals surface area contributed by atoms with Gasteiger partial charge in [0.15, 0.2) is 0 Å². The quantitative estimate of drug-likeness (QED) is 0.744. The molecule has 0 radical (unpaired) electrons. The average molecular weight is 406 g/mol. The Hall–Kier alpha value is -2.78. The van der Waals surface area contributed by atoms with E-state index < -0.39 is 33.7 Å². The Morgan fingerprint density at radius 3 is 2.25 bits per heavy atom. The molecular formula is C19H19FN2O5S. The molecule has 1 heterocycles. The van der Waals surface area contributed by atoms with Crippen LogP contribution in [0.1, 0.15) is 31.4 Å². The molecule has 1 aliphatic heterocycles. The van der Waals surface area contributed by atoms with Gasteiger partial charge in [-0.25, -0.2) is 22.4 Å². The standard InChI is InChI=1S/C19H19FN2O5S/c1-12(13-3-5-14(20)6-4-13)21-28(25,26)15-7-8-17(27-2)16(11-15)22-18(23)9-10-19(22)24/h3-8,11-12,21H,9-10H2,1-2H3/t12-/m0/s1. The van der Waals surface area contributed by atoms with Crippen LogP contribution in [0.25, 0.3) is 0 Å². The van der Waals surface area contributed by atoms with E-state index in [-0.39, 0.29) is 29.2 Å². The van der Waals surface area contributed by atoms with Crippen molar-refractivity contribution in [3.05, 3.63) is 53.8 Å². The Morgan fingerprint density at radius 2 is 1.68 bits per heavy atom. The SMILES string of the molecule is COc1ccc(S(=O)(=O)N[C@@H](C)c2ccc(F)cc2)cc1N1C(=O)CCC1=O. The molecule has 0 saturated carbocycles. The fourth-order valence-electron chi connectivity index (χ4n) is 2.98. The topological polar surface area (TPSA) is 92.8 Å². The molecule has 1 N–H and O–H groups in total. The van der Waals surface area contributed by atoms with Crippen molar-refractivity contribution in [2.45, 2.75) is 30.7 Å². The molecule has 2 aromatic rings. The van der Waals surface area contributed by atoms with E-state index in [1.165, 1.54) is 49.6 Å². The normalized spacial score (nSPS) is 15.8. The molecular weight excluding hydrogens is 387 g/mol. The van der Waals surface area contributed by atoms with Crippen molar-refractivity contribution >= 4 is 27.5 Å². The van der Waals surface area contributed by atoms with E-state index in [0.29, 0.717) is 5.56 Å². The third-order valence-electron chi connectivity index (χ3n) is 4.45. The maximum absolute atomic E-state index is 13.1. The number of benzene rings is 2. The molecule has 148 valence electrons. The first-order valence-corrected chi connectivity index (χ1v) is 10.0. The largest absolute Gasteiger partial charge is 0.495 e. The van der Waals surface area contributed by atoms with Gasteiger partial charge < -0.3 is 4.74 Å². The van der Waals surface area contributed by atoms with Crippen LogP contribution in [-0.2, 0) is 19.6 Å².